The molecule has 2 rings (SSSR count). The van der Waals surface area contributed by atoms with E-state index in [-0.39, 0.29) is 11.3 Å². The summed E-state index contributed by atoms with van der Waals surface area (Å²) >= 11 is 0. The Morgan fingerprint density at radius 1 is 0.917 bits per heavy atom. The van der Waals surface area contributed by atoms with E-state index in [1.54, 1.807) is 36.4 Å². The summed E-state index contributed by atoms with van der Waals surface area (Å²) < 4.78 is 22.3. The molecular weight excluding hydrogens is 330 g/mol. The van der Waals surface area contributed by atoms with Gasteiger partial charge in [-0.25, -0.2) is 18.4 Å². The highest BCUT2D eigenvalue weighted by Gasteiger charge is 2.11. The number of carbonyl (C=O) groups is 2. The maximum Gasteiger partial charge on any atom is 0.372 e. The summed E-state index contributed by atoms with van der Waals surface area (Å²) in [6.07, 6.45) is -0.169. The number of carboxylic acid groups (broad SMARTS) is 1. The van der Waals surface area contributed by atoms with E-state index >= 15 is 0 Å². The van der Waals surface area contributed by atoms with Gasteiger partial charge in [0.15, 0.2) is 0 Å². The lowest BCUT2D eigenvalue weighted by molar-refractivity contribution is -0.148. The van der Waals surface area contributed by atoms with Crippen LogP contribution in [-0.2, 0) is 26.0 Å². The lowest BCUT2D eigenvalue weighted by Gasteiger charge is -1.98. The Morgan fingerprint density at radius 3 is 1.79 bits per heavy atom. The molecule has 122 valence electrons. The molecule has 0 spiro atoms. The fourth-order valence-electron chi connectivity index (χ4n) is 1.84. The van der Waals surface area contributed by atoms with Gasteiger partial charge >= 0.3 is 5.97 Å². The molecule has 7 heteroatoms. The SMILES string of the molecule is NS(=O)(=O)c1ccc(C#Cc2ccc(CC(=O)C(=O)O)cc2)cc1. The summed E-state index contributed by atoms with van der Waals surface area (Å²) in [5.74, 6) is 3.43. The molecule has 0 saturated heterocycles. The molecule has 0 fully saturated rings. The number of primary sulfonamides is 1. The first-order valence-electron chi connectivity index (χ1n) is 6.75. The van der Waals surface area contributed by atoms with Crippen molar-refractivity contribution in [2.75, 3.05) is 0 Å². The van der Waals surface area contributed by atoms with Crippen molar-refractivity contribution in [1.82, 2.24) is 0 Å². The quantitative estimate of drug-likeness (QED) is 0.633. The van der Waals surface area contributed by atoms with Gasteiger partial charge < -0.3 is 5.11 Å². The zero-order valence-electron chi connectivity index (χ0n) is 12.4. The number of carbonyl (C=O) groups excluding carboxylic acids is 1. The predicted molar refractivity (Wildman–Crippen MR) is 86.6 cm³/mol. The molecule has 6 nitrogen and oxygen atoms in total. The Bertz CT molecular complexity index is 933. The Hall–Kier alpha value is -2.95. The molecule has 0 heterocycles. The van der Waals surface area contributed by atoms with Gasteiger partial charge in [0.05, 0.1) is 4.90 Å². The van der Waals surface area contributed by atoms with E-state index in [0.717, 1.165) is 0 Å². The topological polar surface area (TPSA) is 115 Å². The summed E-state index contributed by atoms with van der Waals surface area (Å²) in [5.41, 5.74) is 1.88. The second kappa shape index (κ2) is 7.08. The molecular formula is C17H13NO5S. The highest BCUT2D eigenvalue weighted by atomic mass is 32.2. The standard InChI is InChI=1S/C17H13NO5S/c18-24(22,23)15-9-7-13(8-10-15)2-1-12-3-5-14(6-4-12)11-16(19)17(20)21/h3-10H,11H2,(H,20,21)(H2,18,22,23). The van der Waals surface area contributed by atoms with Crippen molar-refractivity contribution in [3.63, 3.8) is 0 Å². The van der Waals surface area contributed by atoms with E-state index in [9.17, 15) is 18.0 Å². The second-order valence-corrected chi connectivity index (χ2v) is 6.48. The number of rotatable bonds is 4. The van der Waals surface area contributed by atoms with Gasteiger partial charge in [-0.3, -0.25) is 4.79 Å². The fourth-order valence-corrected chi connectivity index (χ4v) is 2.35. The monoisotopic (exact) mass is 343 g/mol. The van der Waals surface area contributed by atoms with Crippen LogP contribution in [0, 0.1) is 11.8 Å². The van der Waals surface area contributed by atoms with Crippen molar-refractivity contribution in [2.45, 2.75) is 11.3 Å². The van der Waals surface area contributed by atoms with Crippen LogP contribution in [0.2, 0.25) is 0 Å². The van der Waals surface area contributed by atoms with Crippen LogP contribution in [0.4, 0.5) is 0 Å². The molecule has 0 bridgehead atoms. The van der Waals surface area contributed by atoms with Gasteiger partial charge in [-0.2, -0.15) is 0 Å². The van der Waals surface area contributed by atoms with E-state index in [1.165, 1.54) is 12.1 Å². The molecule has 0 aliphatic carbocycles. The van der Waals surface area contributed by atoms with Gasteiger partial charge in [-0.05, 0) is 42.0 Å². The van der Waals surface area contributed by atoms with Crippen LogP contribution in [0.1, 0.15) is 16.7 Å². The van der Waals surface area contributed by atoms with Crippen molar-refractivity contribution in [2.24, 2.45) is 5.14 Å². The van der Waals surface area contributed by atoms with Gasteiger partial charge in [-0.1, -0.05) is 24.0 Å². The first-order valence-corrected chi connectivity index (χ1v) is 8.30. The molecule has 2 aromatic carbocycles. The summed E-state index contributed by atoms with van der Waals surface area (Å²) in [5, 5.41) is 13.6. The fraction of sp³-hybridized carbons (Fsp3) is 0.0588. The first kappa shape index (κ1) is 17.4. The Labute approximate surface area is 139 Å². The molecule has 0 saturated carbocycles. The first-order chi connectivity index (χ1) is 11.3. The van der Waals surface area contributed by atoms with Crippen LogP contribution >= 0.6 is 0 Å². The van der Waals surface area contributed by atoms with Crippen LogP contribution in [0.25, 0.3) is 0 Å². The Morgan fingerprint density at radius 2 is 1.38 bits per heavy atom. The molecule has 24 heavy (non-hydrogen) atoms. The van der Waals surface area contributed by atoms with E-state index in [2.05, 4.69) is 11.8 Å². The third-order valence-electron chi connectivity index (χ3n) is 3.09. The average molecular weight is 343 g/mol. The van der Waals surface area contributed by atoms with E-state index in [4.69, 9.17) is 10.2 Å². The predicted octanol–water partition coefficient (Wildman–Crippen LogP) is 0.930. The molecule has 0 atom stereocenters. The Kier molecular flexibility index (Phi) is 5.14. The van der Waals surface area contributed by atoms with Gasteiger partial charge in [0.25, 0.3) is 0 Å². The maximum atomic E-state index is 11.2. The highest BCUT2D eigenvalue weighted by molar-refractivity contribution is 7.89. The van der Waals surface area contributed by atoms with Crippen LogP contribution < -0.4 is 5.14 Å². The number of carboxylic acids is 1. The zero-order chi connectivity index (χ0) is 17.7. The minimum atomic E-state index is -3.73. The average Bonchev–Trinajstić information content (AvgIpc) is 2.53. The molecule has 0 aromatic heterocycles. The largest absolute Gasteiger partial charge is 0.475 e. The van der Waals surface area contributed by atoms with Gasteiger partial charge in [0.2, 0.25) is 15.8 Å². The van der Waals surface area contributed by atoms with E-state index in [0.29, 0.717) is 16.7 Å². The zero-order valence-corrected chi connectivity index (χ0v) is 13.2. The molecule has 0 aliphatic heterocycles. The van der Waals surface area contributed by atoms with Crippen molar-refractivity contribution >= 4 is 21.8 Å². The summed E-state index contributed by atoms with van der Waals surface area (Å²) in [6.45, 7) is 0. The third-order valence-corrected chi connectivity index (χ3v) is 4.02. The normalized spacial score (nSPS) is 10.5. The Balaban J connectivity index is 2.11. The third kappa shape index (κ3) is 4.78. The van der Waals surface area contributed by atoms with E-state index in [1.807, 2.05) is 0 Å². The number of Topliss-reactive ketones (excluding diaryl/α,β-unsaturated/α-hetero) is 1. The number of nitrogens with two attached hydrogens (primary N) is 1. The van der Waals surface area contributed by atoms with Crippen molar-refractivity contribution < 1.29 is 23.1 Å². The molecule has 0 radical (unpaired) electrons. The molecule has 0 amide bonds. The van der Waals surface area contributed by atoms with Gasteiger partial charge in [0, 0.05) is 17.5 Å². The lowest BCUT2D eigenvalue weighted by atomic mass is 10.1. The number of sulfonamides is 1. The summed E-state index contributed by atoms with van der Waals surface area (Å²) in [6, 6.07) is 12.5. The lowest BCUT2D eigenvalue weighted by Crippen LogP contribution is -2.14. The van der Waals surface area contributed by atoms with Crippen molar-refractivity contribution in [1.29, 1.82) is 0 Å². The summed E-state index contributed by atoms with van der Waals surface area (Å²) in [4.78, 5) is 21.6. The molecule has 2 aromatic rings. The number of hydrogen-bond acceptors (Lipinski definition) is 4. The highest BCUT2D eigenvalue weighted by Crippen LogP contribution is 2.09. The van der Waals surface area contributed by atoms with E-state index < -0.39 is 21.8 Å². The maximum absolute atomic E-state index is 11.2. The number of ketones is 1. The molecule has 0 aliphatic rings. The van der Waals surface area contributed by atoms with Gasteiger partial charge in [0.1, 0.15) is 0 Å². The molecule has 0 unspecified atom stereocenters. The van der Waals surface area contributed by atoms with Crippen LogP contribution in [0.15, 0.2) is 53.4 Å². The number of hydrogen-bond donors (Lipinski definition) is 2. The van der Waals surface area contributed by atoms with Crippen molar-refractivity contribution in [3.05, 3.63) is 65.2 Å². The molecule has 3 N–H and O–H groups in total. The second-order valence-electron chi connectivity index (χ2n) is 4.92. The van der Waals surface area contributed by atoms with Gasteiger partial charge in [-0.15, -0.1) is 0 Å². The van der Waals surface area contributed by atoms with Crippen LogP contribution in [0.3, 0.4) is 0 Å². The minimum absolute atomic E-state index is 0.0144. The number of aliphatic carboxylic acids is 1. The van der Waals surface area contributed by atoms with Crippen molar-refractivity contribution in [3.8, 4) is 11.8 Å². The van der Waals surface area contributed by atoms with Crippen LogP contribution in [-0.4, -0.2) is 25.3 Å². The summed E-state index contributed by atoms with van der Waals surface area (Å²) in [7, 11) is -3.73. The smallest absolute Gasteiger partial charge is 0.372 e. The van der Waals surface area contributed by atoms with Crippen LogP contribution in [0.5, 0.6) is 0 Å². The minimum Gasteiger partial charge on any atom is -0.475 e. The number of benzene rings is 2.